The van der Waals surface area contributed by atoms with Crippen molar-refractivity contribution < 1.29 is 28.3 Å². The Bertz CT molecular complexity index is 2170. The van der Waals surface area contributed by atoms with E-state index >= 15 is 4.39 Å². The number of hydrogen-bond donors (Lipinski definition) is 3. The number of carbonyl (C=O) groups excluding carboxylic acids is 4. The number of fused-ring (bicyclic) bond motifs is 1. The van der Waals surface area contributed by atoms with Crippen LogP contribution in [0.3, 0.4) is 0 Å². The molecule has 3 saturated heterocycles. The number of para-hydroxylation sites is 1. The van der Waals surface area contributed by atoms with Gasteiger partial charge in [-0.3, -0.25) is 24.6 Å². The maximum absolute atomic E-state index is 15.2. The van der Waals surface area contributed by atoms with Crippen molar-refractivity contribution in [3.63, 3.8) is 0 Å². The van der Waals surface area contributed by atoms with Gasteiger partial charge < -0.3 is 30.5 Å². The molecule has 0 bridgehead atoms. The summed E-state index contributed by atoms with van der Waals surface area (Å²) in [5, 5.41) is 10.6. The summed E-state index contributed by atoms with van der Waals surface area (Å²) in [6.45, 7) is 5.12. The molecule has 5 amide bonds. The summed E-state index contributed by atoms with van der Waals surface area (Å²) in [6.07, 6.45) is 6.40. The van der Waals surface area contributed by atoms with Crippen molar-refractivity contribution in [2.75, 3.05) is 74.5 Å². The first kappa shape index (κ1) is 39.8. The third-order valence-corrected chi connectivity index (χ3v) is 12.1. The highest BCUT2D eigenvalue weighted by Crippen LogP contribution is 2.40. The Morgan fingerprint density at radius 1 is 0.949 bits per heavy atom. The number of carbonyl (C=O) groups is 4. The standard InChI is InChI=1S/C43H51FN10O5/c1-50(27-28-12-20-51(21-13-28)35-26-47-36(25-33(35)44)53-24-16-37(55)48-43(53)58)19-17-38(56)52-22-14-29(15-23-52)34-11-18-46-42-39(41(45)57)40(49-54(34)42)30-7-9-32(10-8-30)59-31-5-3-2-4-6-31/h2-10,25-26,28-29,34,46H,11-24,27H2,1H3,(H2,45,57)(H,48,55,58)/t34-/m0/s1. The van der Waals surface area contributed by atoms with Gasteiger partial charge in [-0.05, 0) is 87.4 Å². The molecular weight excluding hydrogens is 756 g/mol. The highest BCUT2D eigenvalue weighted by Gasteiger charge is 2.36. The van der Waals surface area contributed by atoms with Gasteiger partial charge in [-0.25, -0.2) is 18.9 Å². The van der Waals surface area contributed by atoms with Crippen LogP contribution in [-0.4, -0.2) is 108 Å². The van der Waals surface area contributed by atoms with Gasteiger partial charge in [-0.15, -0.1) is 0 Å². The minimum atomic E-state index is -0.592. The first-order chi connectivity index (χ1) is 28.6. The Labute approximate surface area is 342 Å². The average Bonchev–Trinajstić information content (AvgIpc) is 3.64. The minimum Gasteiger partial charge on any atom is -0.457 e. The van der Waals surface area contributed by atoms with Crippen molar-refractivity contribution in [3.05, 3.63) is 78.2 Å². The molecular formula is C43H51FN10O5. The highest BCUT2D eigenvalue weighted by atomic mass is 19.1. The first-order valence-electron chi connectivity index (χ1n) is 20.6. The molecule has 1 atom stereocenters. The highest BCUT2D eigenvalue weighted by molar-refractivity contribution is 6.05. The second-order valence-electron chi connectivity index (χ2n) is 16.0. The van der Waals surface area contributed by atoms with Gasteiger partial charge in [0.05, 0.1) is 17.9 Å². The van der Waals surface area contributed by atoms with E-state index in [1.165, 1.54) is 17.2 Å². The fourth-order valence-corrected chi connectivity index (χ4v) is 8.92. The number of benzene rings is 2. The van der Waals surface area contributed by atoms with Crippen LogP contribution in [0.15, 0.2) is 66.9 Å². The van der Waals surface area contributed by atoms with Crippen LogP contribution in [0.1, 0.15) is 61.3 Å². The number of pyridine rings is 1. The van der Waals surface area contributed by atoms with Gasteiger partial charge in [0.2, 0.25) is 11.8 Å². The van der Waals surface area contributed by atoms with Crippen LogP contribution in [0.5, 0.6) is 11.5 Å². The molecule has 6 heterocycles. The number of nitrogens with zero attached hydrogens (tertiary/aromatic N) is 7. The molecule has 59 heavy (non-hydrogen) atoms. The fraction of sp³-hybridized carbons (Fsp3) is 0.442. The minimum absolute atomic E-state index is 0.0801. The van der Waals surface area contributed by atoms with E-state index in [2.05, 4.69) is 27.6 Å². The van der Waals surface area contributed by atoms with E-state index in [0.717, 1.165) is 50.0 Å². The van der Waals surface area contributed by atoms with Gasteiger partial charge >= 0.3 is 6.03 Å². The molecule has 4 N–H and O–H groups in total. The molecule has 15 nitrogen and oxygen atoms in total. The van der Waals surface area contributed by atoms with Crippen LogP contribution >= 0.6 is 0 Å². The number of nitrogens with one attached hydrogen (secondary N) is 2. The Morgan fingerprint density at radius 3 is 2.37 bits per heavy atom. The normalized spacial score (nSPS) is 19.0. The van der Waals surface area contributed by atoms with E-state index in [0.29, 0.717) is 86.0 Å². The first-order valence-corrected chi connectivity index (χ1v) is 20.6. The molecule has 16 heteroatoms. The van der Waals surface area contributed by atoms with Crippen LogP contribution in [-0.2, 0) is 9.59 Å². The number of primary amides is 1. The maximum atomic E-state index is 15.2. The van der Waals surface area contributed by atoms with E-state index in [4.69, 9.17) is 15.6 Å². The average molecular weight is 807 g/mol. The molecule has 2 aromatic heterocycles. The van der Waals surface area contributed by atoms with E-state index in [-0.39, 0.29) is 36.6 Å². The van der Waals surface area contributed by atoms with Crippen LogP contribution in [0.25, 0.3) is 11.3 Å². The fourth-order valence-electron chi connectivity index (χ4n) is 8.92. The van der Waals surface area contributed by atoms with Gasteiger partial charge in [0.25, 0.3) is 5.91 Å². The SMILES string of the molecule is CN(CCC(=O)N1CCC([C@@H]2CCNc3c(C(N)=O)c(-c4ccc(Oc5ccccc5)cc4)nn32)CC1)CC1CCN(c2cnc(N3CCC(=O)NC3=O)cc2F)CC1. The lowest BCUT2D eigenvalue weighted by Gasteiger charge is -2.38. The molecule has 0 aliphatic carbocycles. The zero-order chi connectivity index (χ0) is 41.0. The van der Waals surface area contributed by atoms with Crippen molar-refractivity contribution in [2.45, 2.75) is 51.0 Å². The third kappa shape index (κ3) is 8.87. The lowest BCUT2D eigenvalue weighted by Crippen LogP contribution is -2.50. The number of anilines is 3. The predicted molar refractivity (Wildman–Crippen MR) is 221 cm³/mol. The number of rotatable bonds is 12. The topological polar surface area (TPSA) is 171 Å². The zero-order valence-electron chi connectivity index (χ0n) is 33.3. The summed E-state index contributed by atoms with van der Waals surface area (Å²) < 4.78 is 23.1. The summed E-state index contributed by atoms with van der Waals surface area (Å²) in [5.41, 5.74) is 8.07. The monoisotopic (exact) mass is 806 g/mol. The molecule has 0 saturated carbocycles. The van der Waals surface area contributed by atoms with Gasteiger partial charge in [-0.1, -0.05) is 18.2 Å². The number of hydrogen-bond acceptors (Lipinski definition) is 10. The second kappa shape index (κ2) is 17.4. The molecule has 2 aromatic carbocycles. The van der Waals surface area contributed by atoms with E-state index < -0.39 is 17.8 Å². The lowest BCUT2D eigenvalue weighted by atomic mass is 9.86. The number of likely N-dealkylation sites (tertiary alicyclic amines) is 1. The molecule has 3 fully saturated rings. The smallest absolute Gasteiger partial charge is 0.329 e. The molecule has 310 valence electrons. The number of nitrogens with two attached hydrogens (primary N) is 1. The third-order valence-electron chi connectivity index (χ3n) is 12.1. The summed E-state index contributed by atoms with van der Waals surface area (Å²) in [7, 11) is 2.05. The summed E-state index contributed by atoms with van der Waals surface area (Å²) in [4.78, 5) is 61.7. The lowest BCUT2D eigenvalue weighted by molar-refractivity contribution is -0.133. The molecule has 4 aliphatic heterocycles. The van der Waals surface area contributed by atoms with Gasteiger partial charge in [-0.2, -0.15) is 5.10 Å². The maximum Gasteiger partial charge on any atom is 0.329 e. The molecule has 0 radical (unpaired) electrons. The Morgan fingerprint density at radius 2 is 1.68 bits per heavy atom. The largest absolute Gasteiger partial charge is 0.457 e. The Hall–Kier alpha value is -6.03. The van der Waals surface area contributed by atoms with Gasteiger partial charge in [0, 0.05) is 76.8 Å². The Kier molecular flexibility index (Phi) is 11.8. The molecule has 4 aromatic rings. The number of imide groups is 1. The van der Waals surface area contributed by atoms with Crippen LogP contribution in [0.2, 0.25) is 0 Å². The summed E-state index contributed by atoms with van der Waals surface area (Å²) >= 11 is 0. The van der Waals surface area contributed by atoms with Crippen LogP contribution < -0.4 is 30.9 Å². The summed E-state index contributed by atoms with van der Waals surface area (Å²) in [6, 6.07) is 17.8. The quantitative estimate of drug-likeness (QED) is 0.172. The molecule has 0 unspecified atom stereocenters. The number of urea groups is 1. The predicted octanol–water partition coefficient (Wildman–Crippen LogP) is 5.26. The van der Waals surface area contributed by atoms with Crippen molar-refractivity contribution in [2.24, 2.45) is 17.6 Å². The number of piperidine rings is 2. The van der Waals surface area contributed by atoms with Gasteiger partial charge in [0.15, 0.2) is 5.82 Å². The number of amides is 5. The van der Waals surface area contributed by atoms with E-state index in [1.807, 2.05) is 69.1 Å². The van der Waals surface area contributed by atoms with Crippen LogP contribution in [0.4, 0.5) is 26.5 Å². The van der Waals surface area contributed by atoms with Crippen molar-refractivity contribution in [1.29, 1.82) is 0 Å². The van der Waals surface area contributed by atoms with Crippen molar-refractivity contribution >= 4 is 41.1 Å². The number of ether oxygens (including phenoxy) is 1. The number of halogens is 1. The number of aromatic nitrogens is 3. The van der Waals surface area contributed by atoms with E-state index in [9.17, 15) is 19.2 Å². The molecule has 4 aliphatic rings. The Balaban J connectivity index is 0.799. The van der Waals surface area contributed by atoms with Crippen molar-refractivity contribution in [1.82, 2.24) is 29.9 Å². The molecule has 8 rings (SSSR count). The summed E-state index contributed by atoms with van der Waals surface area (Å²) in [5.74, 6) is 1.81. The van der Waals surface area contributed by atoms with Gasteiger partial charge in [0.1, 0.15) is 34.4 Å². The zero-order valence-corrected chi connectivity index (χ0v) is 33.3. The molecule has 0 spiro atoms. The van der Waals surface area contributed by atoms with Crippen molar-refractivity contribution in [3.8, 4) is 22.8 Å². The van der Waals surface area contributed by atoms with Crippen LogP contribution in [0, 0.1) is 17.7 Å². The second-order valence-corrected chi connectivity index (χ2v) is 16.0. The van der Waals surface area contributed by atoms with E-state index in [1.54, 1.807) is 0 Å².